The van der Waals surface area contributed by atoms with Gasteiger partial charge in [-0.1, -0.05) is 0 Å². The van der Waals surface area contributed by atoms with E-state index in [9.17, 15) is 0 Å². The van der Waals surface area contributed by atoms with Crippen molar-refractivity contribution >= 4 is 11.8 Å². The highest BCUT2D eigenvalue weighted by atomic mass is 16.5. The first-order chi connectivity index (χ1) is 7.93. The zero-order chi connectivity index (χ0) is 10.8. The Morgan fingerprint density at radius 1 is 1.31 bits per heavy atom. The van der Waals surface area contributed by atoms with Crippen molar-refractivity contribution in [2.24, 2.45) is 0 Å². The Balaban J connectivity index is 1.84. The number of ether oxygens (including phenoxy) is 1. The van der Waals surface area contributed by atoms with Crippen molar-refractivity contribution in [3.05, 3.63) is 11.8 Å². The standard InChI is InChI=1S/C11H16N4O/c1-2-9-8-13-11(14-10(9)12-3-1)15-4-6-16-7-5-15/h8H,1-7H2,(H,12,13,14). The number of hydrogen-bond donors (Lipinski definition) is 1. The fourth-order valence-electron chi connectivity index (χ4n) is 2.13. The van der Waals surface area contributed by atoms with Crippen LogP contribution in [-0.2, 0) is 11.2 Å². The Hall–Kier alpha value is -1.36. The molecule has 0 bridgehead atoms. The highest BCUT2D eigenvalue weighted by molar-refractivity contribution is 5.49. The third kappa shape index (κ3) is 1.82. The zero-order valence-electron chi connectivity index (χ0n) is 9.28. The number of morpholine rings is 1. The van der Waals surface area contributed by atoms with Crippen LogP contribution in [0.25, 0.3) is 0 Å². The molecule has 1 saturated heterocycles. The molecule has 0 atom stereocenters. The third-order valence-corrected chi connectivity index (χ3v) is 3.06. The van der Waals surface area contributed by atoms with Gasteiger partial charge in [0.25, 0.3) is 0 Å². The molecule has 0 unspecified atom stereocenters. The van der Waals surface area contributed by atoms with Crippen molar-refractivity contribution < 1.29 is 4.74 Å². The summed E-state index contributed by atoms with van der Waals surface area (Å²) in [5.74, 6) is 1.85. The second kappa shape index (κ2) is 4.25. The lowest BCUT2D eigenvalue weighted by Gasteiger charge is -2.27. The van der Waals surface area contributed by atoms with Crippen LogP contribution in [-0.4, -0.2) is 42.8 Å². The monoisotopic (exact) mass is 220 g/mol. The van der Waals surface area contributed by atoms with E-state index in [-0.39, 0.29) is 0 Å². The van der Waals surface area contributed by atoms with Crippen molar-refractivity contribution in [2.45, 2.75) is 12.8 Å². The van der Waals surface area contributed by atoms with E-state index in [1.807, 2.05) is 6.20 Å². The van der Waals surface area contributed by atoms with Gasteiger partial charge in [-0.05, 0) is 12.8 Å². The summed E-state index contributed by atoms with van der Waals surface area (Å²) in [6, 6.07) is 0. The molecule has 2 aliphatic heterocycles. The summed E-state index contributed by atoms with van der Waals surface area (Å²) < 4.78 is 5.32. The van der Waals surface area contributed by atoms with Crippen LogP contribution in [0.3, 0.4) is 0 Å². The molecule has 0 spiro atoms. The van der Waals surface area contributed by atoms with E-state index in [0.29, 0.717) is 0 Å². The third-order valence-electron chi connectivity index (χ3n) is 3.06. The quantitative estimate of drug-likeness (QED) is 0.754. The number of nitrogens with zero attached hydrogens (tertiary/aromatic N) is 3. The molecule has 1 aromatic heterocycles. The molecule has 0 aromatic carbocycles. The normalized spacial score (nSPS) is 20.1. The maximum absolute atomic E-state index is 5.32. The van der Waals surface area contributed by atoms with Gasteiger partial charge in [-0.3, -0.25) is 0 Å². The molecule has 0 aliphatic carbocycles. The Bertz CT molecular complexity index is 376. The van der Waals surface area contributed by atoms with E-state index in [0.717, 1.165) is 51.0 Å². The minimum atomic E-state index is 0.772. The summed E-state index contributed by atoms with van der Waals surface area (Å²) in [6.07, 6.45) is 4.22. The van der Waals surface area contributed by atoms with E-state index in [1.54, 1.807) is 0 Å². The Kier molecular flexibility index (Phi) is 2.61. The molecule has 0 radical (unpaired) electrons. The lowest BCUT2D eigenvalue weighted by molar-refractivity contribution is 0.122. The van der Waals surface area contributed by atoms with Crippen LogP contribution in [0.1, 0.15) is 12.0 Å². The second-order valence-electron chi connectivity index (χ2n) is 4.17. The summed E-state index contributed by atoms with van der Waals surface area (Å²) in [5.41, 5.74) is 1.24. The maximum atomic E-state index is 5.32. The van der Waals surface area contributed by atoms with Gasteiger partial charge in [-0.2, -0.15) is 4.98 Å². The fraction of sp³-hybridized carbons (Fsp3) is 0.636. The van der Waals surface area contributed by atoms with Gasteiger partial charge in [0.2, 0.25) is 5.95 Å². The predicted octanol–water partition coefficient (Wildman–Crippen LogP) is 0.671. The van der Waals surface area contributed by atoms with Crippen LogP contribution in [0.5, 0.6) is 0 Å². The molecular weight excluding hydrogens is 204 g/mol. The van der Waals surface area contributed by atoms with E-state index >= 15 is 0 Å². The van der Waals surface area contributed by atoms with E-state index in [4.69, 9.17) is 4.74 Å². The number of hydrogen-bond acceptors (Lipinski definition) is 5. The van der Waals surface area contributed by atoms with Crippen LogP contribution in [0.4, 0.5) is 11.8 Å². The summed E-state index contributed by atoms with van der Waals surface area (Å²) in [7, 11) is 0. The smallest absolute Gasteiger partial charge is 0.227 e. The van der Waals surface area contributed by atoms with Crippen molar-refractivity contribution in [1.82, 2.24) is 9.97 Å². The summed E-state index contributed by atoms with van der Waals surface area (Å²) in [5, 5.41) is 3.33. The zero-order valence-corrected chi connectivity index (χ0v) is 9.28. The minimum Gasteiger partial charge on any atom is -0.378 e. The first-order valence-corrected chi connectivity index (χ1v) is 5.86. The lowest BCUT2D eigenvalue weighted by atomic mass is 10.1. The molecule has 1 aromatic rings. The number of rotatable bonds is 1. The number of aromatic nitrogens is 2. The predicted molar refractivity (Wildman–Crippen MR) is 61.9 cm³/mol. The Labute approximate surface area is 94.8 Å². The van der Waals surface area contributed by atoms with Gasteiger partial charge in [0.05, 0.1) is 13.2 Å². The van der Waals surface area contributed by atoms with Crippen LogP contribution in [0.2, 0.25) is 0 Å². The topological polar surface area (TPSA) is 50.3 Å². The lowest BCUT2D eigenvalue weighted by Crippen LogP contribution is -2.37. The molecule has 1 fully saturated rings. The molecule has 3 rings (SSSR count). The van der Waals surface area contributed by atoms with Crippen molar-refractivity contribution in [3.8, 4) is 0 Å². The largest absolute Gasteiger partial charge is 0.378 e. The number of anilines is 2. The van der Waals surface area contributed by atoms with Gasteiger partial charge in [-0.25, -0.2) is 4.98 Å². The molecule has 5 nitrogen and oxygen atoms in total. The molecule has 0 amide bonds. The molecule has 16 heavy (non-hydrogen) atoms. The minimum absolute atomic E-state index is 0.772. The first-order valence-electron chi connectivity index (χ1n) is 5.86. The second-order valence-corrected chi connectivity index (χ2v) is 4.17. The van der Waals surface area contributed by atoms with Crippen LogP contribution < -0.4 is 10.2 Å². The van der Waals surface area contributed by atoms with Crippen LogP contribution >= 0.6 is 0 Å². The van der Waals surface area contributed by atoms with Crippen LogP contribution in [0, 0.1) is 0 Å². The summed E-state index contributed by atoms with van der Waals surface area (Å²) >= 11 is 0. The fourth-order valence-corrected chi connectivity index (χ4v) is 2.13. The SMILES string of the molecule is c1nc(N2CCOCC2)nc2c1CCCN2. The van der Waals surface area contributed by atoms with E-state index in [2.05, 4.69) is 20.2 Å². The van der Waals surface area contributed by atoms with Gasteiger partial charge in [-0.15, -0.1) is 0 Å². The molecule has 1 N–H and O–H groups in total. The number of fused-ring (bicyclic) bond motifs is 1. The average Bonchev–Trinajstić information content (AvgIpc) is 2.39. The highest BCUT2D eigenvalue weighted by Gasteiger charge is 2.17. The first kappa shape index (κ1) is 9.84. The van der Waals surface area contributed by atoms with Gasteiger partial charge in [0.15, 0.2) is 0 Å². The molecule has 0 saturated carbocycles. The van der Waals surface area contributed by atoms with Crippen molar-refractivity contribution in [3.63, 3.8) is 0 Å². The summed E-state index contributed by atoms with van der Waals surface area (Å²) in [6.45, 7) is 4.34. The van der Waals surface area contributed by atoms with Crippen molar-refractivity contribution in [1.29, 1.82) is 0 Å². The van der Waals surface area contributed by atoms with Crippen molar-refractivity contribution in [2.75, 3.05) is 43.1 Å². The highest BCUT2D eigenvalue weighted by Crippen LogP contribution is 2.21. The average molecular weight is 220 g/mol. The van der Waals surface area contributed by atoms with E-state index in [1.165, 1.54) is 12.0 Å². The maximum Gasteiger partial charge on any atom is 0.227 e. The molecule has 2 aliphatic rings. The summed E-state index contributed by atoms with van der Waals surface area (Å²) in [4.78, 5) is 11.2. The molecular formula is C11H16N4O. The molecule has 5 heteroatoms. The van der Waals surface area contributed by atoms with Gasteiger partial charge >= 0.3 is 0 Å². The molecule has 86 valence electrons. The Morgan fingerprint density at radius 2 is 2.19 bits per heavy atom. The van der Waals surface area contributed by atoms with Crippen LogP contribution in [0.15, 0.2) is 6.20 Å². The number of nitrogens with one attached hydrogen (secondary N) is 1. The van der Waals surface area contributed by atoms with Gasteiger partial charge < -0.3 is 15.0 Å². The number of aryl methyl sites for hydroxylation is 1. The Morgan fingerprint density at radius 3 is 3.06 bits per heavy atom. The molecule has 3 heterocycles. The van der Waals surface area contributed by atoms with Gasteiger partial charge in [0, 0.05) is 31.4 Å². The van der Waals surface area contributed by atoms with E-state index < -0.39 is 0 Å². The van der Waals surface area contributed by atoms with Gasteiger partial charge in [0.1, 0.15) is 5.82 Å².